The Kier molecular flexibility index (Phi) is 7.83. The molecule has 37 heavy (non-hydrogen) atoms. The topological polar surface area (TPSA) is 111 Å². The number of rotatable bonds is 9. The second-order valence-electron chi connectivity index (χ2n) is 8.88. The summed E-state index contributed by atoms with van der Waals surface area (Å²) in [5.41, 5.74) is 3.12. The molecule has 1 aliphatic heterocycles. The van der Waals surface area contributed by atoms with Crippen LogP contribution in [0, 0.1) is 5.92 Å². The number of hydrogen-bond acceptors (Lipinski definition) is 6. The van der Waals surface area contributed by atoms with E-state index in [1.165, 1.54) is 19.3 Å². The molecule has 0 radical (unpaired) electrons. The maximum absolute atomic E-state index is 12.8. The number of benzene rings is 2. The fraction of sp³-hybridized carbons (Fsp3) is 0.286. The Morgan fingerprint density at radius 2 is 1.68 bits per heavy atom. The molecule has 1 aliphatic carbocycles. The summed E-state index contributed by atoms with van der Waals surface area (Å²) in [6.07, 6.45) is 6.81. The smallest absolute Gasteiger partial charge is 0.263 e. The van der Waals surface area contributed by atoms with E-state index >= 15 is 0 Å². The largest absolute Gasteiger partial charge is 0.497 e. The molecule has 0 bridgehead atoms. The summed E-state index contributed by atoms with van der Waals surface area (Å²) in [4.78, 5) is 24.8. The molecule has 0 saturated heterocycles. The van der Waals surface area contributed by atoms with Crippen LogP contribution < -0.4 is 15.4 Å². The average molecular weight is 523 g/mol. The van der Waals surface area contributed by atoms with Gasteiger partial charge in [0.1, 0.15) is 16.4 Å². The van der Waals surface area contributed by atoms with Gasteiger partial charge < -0.3 is 20.1 Å². The summed E-state index contributed by atoms with van der Waals surface area (Å²) in [6.45, 7) is 2.68. The predicted octanol–water partition coefficient (Wildman–Crippen LogP) is 3.71. The lowest BCUT2D eigenvalue weighted by atomic mass is 9.87. The Hall–Kier alpha value is -3.85. The highest BCUT2D eigenvalue weighted by Crippen LogP contribution is 2.35. The number of fused-ring (bicyclic) bond motifs is 1. The van der Waals surface area contributed by atoms with E-state index in [1.807, 2.05) is 18.2 Å². The van der Waals surface area contributed by atoms with E-state index in [1.54, 1.807) is 31.4 Å². The summed E-state index contributed by atoms with van der Waals surface area (Å²) < 4.78 is 36.1. The number of ether oxygens (including phenoxy) is 2. The first-order chi connectivity index (χ1) is 17.8. The molecule has 0 fully saturated rings. The van der Waals surface area contributed by atoms with Gasteiger partial charge in [-0.3, -0.25) is 9.59 Å². The van der Waals surface area contributed by atoms with Crippen molar-refractivity contribution in [3.8, 4) is 5.75 Å². The van der Waals surface area contributed by atoms with Crippen LogP contribution in [0.3, 0.4) is 0 Å². The summed E-state index contributed by atoms with van der Waals surface area (Å²) >= 11 is 0. The summed E-state index contributed by atoms with van der Waals surface area (Å²) in [5, 5.41) is 5.45. The molecule has 2 amide bonds. The zero-order valence-electron chi connectivity index (χ0n) is 21.0. The van der Waals surface area contributed by atoms with E-state index in [9.17, 15) is 18.0 Å². The SMILES string of the molecule is COC1=C(c2ccc(C(=O)NCCCNC(=O)C3=Cc4ccc(OC)cc4S3(=O)=O)cc2)C(C)CC=C1. The van der Waals surface area contributed by atoms with E-state index in [4.69, 9.17) is 9.47 Å². The molecular formula is C28H30N2O6S. The highest BCUT2D eigenvalue weighted by molar-refractivity contribution is 7.96. The van der Waals surface area contributed by atoms with Gasteiger partial charge in [-0.2, -0.15) is 0 Å². The van der Waals surface area contributed by atoms with Crippen LogP contribution in [0.1, 0.15) is 41.3 Å². The zero-order valence-corrected chi connectivity index (χ0v) is 21.9. The number of sulfone groups is 1. The van der Waals surface area contributed by atoms with E-state index < -0.39 is 15.7 Å². The van der Waals surface area contributed by atoms with Gasteiger partial charge in [0.15, 0.2) is 0 Å². The number of nitrogens with one attached hydrogen (secondary N) is 2. The van der Waals surface area contributed by atoms with Gasteiger partial charge in [0.25, 0.3) is 11.8 Å². The Balaban J connectivity index is 1.27. The lowest BCUT2D eigenvalue weighted by Crippen LogP contribution is -2.31. The van der Waals surface area contributed by atoms with Crippen molar-refractivity contribution in [1.29, 1.82) is 0 Å². The highest BCUT2D eigenvalue weighted by Gasteiger charge is 2.34. The van der Waals surface area contributed by atoms with Crippen LogP contribution in [0.4, 0.5) is 0 Å². The number of carbonyl (C=O) groups is 2. The maximum atomic E-state index is 12.8. The molecule has 194 valence electrons. The molecule has 1 atom stereocenters. The number of amides is 2. The minimum atomic E-state index is -3.91. The minimum absolute atomic E-state index is 0.0550. The van der Waals surface area contributed by atoms with Gasteiger partial charge in [-0.05, 0) is 72.4 Å². The average Bonchev–Trinajstić information content (AvgIpc) is 3.17. The molecule has 8 nitrogen and oxygen atoms in total. The molecule has 1 unspecified atom stereocenters. The second-order valence-corrected chi connectivity index (χ2v) is 10.8. The lowest BCUT2D eigenvalue weighted by molar-refractivity contribution is -0.116. The van der Waals surface area contributed by atoms with Gasteiger partial charge in [0.2, 0.25) is 9.84 Å². The van der Waals surface area contributed by atoms with Crippen molar-refractivity contribution >= 4 is 33.3 Å². The Labute approximate surface area is 217 Å². The van der Waals surface area contributed by atoms with Gasteiger partial charge in [0.05, 0.1) is 19.1 Å². The van der Waals surface area contributed by atoms with E-state index in [2.05, 4.69) is 23.6 Å². The molecule has 0 aromatic heterocycles. The first kappa shape index (κ1) is 26.2. The molecule has 2 aromatic carbocycles. The van der Waals surface area contributed by atoms with Gasteiger partial charge in [-0.15, -0.1) is 0 Å². The standard InChI is InChI=1S/C28H30N2O6S/c1-18-6-4-7-23(36-3)26(18)19-8-10-20(11-9-19)27(31)29-14-5-15-30-28(32)25-16-21-12-13-22(35-2)17-24(21)37(25,33)34/h4,7-13,16-18H,5-6,14-15H2,1-3H3,(H,29,31)(H,30,32). The summed E-state index contributed by atoms with van der Waals surface area (Å²) in [5.74, 6) is 0.666. The second kappa shape index (κ2) is 11.0. The van der Waals surface area contributed by atoms with Crippen molar-refractivity contribution in [1.82, 2.24) is 10.6 Å². The van der Waals surface area contributed by atoms with Crippen LogP contribution in [0.5, 0.6) is 5.75 Å². The molecule has 0 saturated carbocycles. The van der Waals surface area contributed by atoms with E-state index in [-0.39, 0.29) is 22.3 Å². The van der Waals surface area contributed by atoms with Crippen molar-refractivity contribution in [3.05, 3.63) is 82.0 Å². The van der Waals surface area contributed by atoms with Crippen molar-refractivity contribution in [2.45, 2.75) is 24.7 Å². The van der Waals surface area contributed by atoms with Crippen LogP contribution in [0.15, 0.2) is 70.2 Å². The first-order valence-corrected chi connectivity index (χ1v) is 13.5. The van der Waals surface area contributed by atoms with Gasteiger partial charge in [-0.1, -0.05) is 25.1 Å². The molecular weight excluding hydrogens is 492 g/mol. The summed E-state index contributed by atoms with van der Waals surface area (Å²) in [7, 11) is -0.804. The molecule has 0 spiro atoms. The summed E-state index contributed by atoms with van der Waals surface area (Å²) in [6, 6.07) is 12.1. The normalized spacial score (nSPS) is 17.6. The fourth-order valence-corrected chi connectivity index (χ4v) is 5.98. The molecule has 2 aromatic rings. The predicted molar refractivity (Wildman–Crippen MR) is 141 cm³/mol. The van der Waals surface area contributed by atoms with Gasteiger partial charge in [-0.25, -0.2) is 8.42 Å². The zero-order chi connectivity index (χ0) is 26.6. The Morgan fingerprint density at radius 1 is 0.973 bits per heavy atom. The van der Waals surface area contributed by atoms with Crippen LogP contribution in [-0.4, -0.2) is 47.5 Å². The number of hydrogen-bond donors (Lipinski definition) is 2. The third-order valence-electron chi connectivity index (χ3n) is 6.43. The van der Waals surface area contributed by atoms with Crippen LogP contribution in [0.2, 0.25) is 0 Å². The molecule has 4 rings (SSSR count). The van der Waals surface area contributed by atoms with E-state index in [0.29, 0.717) is 35.8 Å². The monoisotopic (exact) mass is 522 g/mol. The van der Waals surface area contributed by atoms with Crippen molar-refractivity contribution in [3.63, 3.8) is 0 Å². The highest BCUT2D eigenvalue weighted by atomic mass is 32.2. The fourth-order valence-electron chi connectivity index (χ4n) is 4.44. The number of carbonyl (C=O) groups excluding carboxylic acids is 2. The lowest BCUT2D eigenvalue weighted by Gasteiger charge is -2.21. The minimum Gasteiger partial charge on any atom is -0.497 e. The van der Waals surface area contributed by atoms with Crippen molar-refractivity contribution in [2.24, 2.45) is 5.92 Å². The number of allylic oxidation sites excluding steroid dienone is 3. The maximum Gasteiger partial charge on any atom is 0.263 e. The van der Waals surface area contributed by atoms with Crippen molar-refractivity contribution < 1.29 is 27.5 Å². The molecule has 1 heterocycles. The first-order valence-electron chi connectivity index (χ1n) is 12.0. The quantitative estimate of drug-likeness (QED) is 0.486. The van der Waals surface area contributed by atoms with Crippen LogP contribution >= 0.6 is 0 Å². The molecule has 2 N–H and O–H groups in total. The van der Waals surface area contributed by atoms with Gasteiger partial charge in [0, 0.05) is 24.2 Å². The third-order valence-corrected chi connectivity index (χ3v) is 8.24. The van der Waals surface area contributed by atoms with E-state index in [0.717, 1.165) is 23.3 Å². The third kappa shape index (κ3) is 5.46. The molecule has 2 aliphatic rings. The van der Waals surface area contributed by atoms with Crippen LogP contribution in [-0.2, 0) is 19.4 Å². The Bertz CT molecular complexity index is 1400. The van der Waals surface area contributed by atoms with Crippen LogP contribution in [0.25, 0.3) is 11.6 Å². The van der Waals surface area contributed by atoms with Crippen molar-refractivity contribution in [2.75, 3.05) is 27.3 Å². The Morgan fingerprint density at radius 3 is 2.35 bits per heavy atom. The molecule has 9 heteroatoms. The number of methoxy groups -OCH3 is 2. The van der Waals surface area contributed by atoms with Gasteiger partial charge >= 0.3 is 0 Å².